The molecule has 1 unspecified atom stereocenters. The molecule has 1 N–H and O–H groups in total. The summed E-state index contributed by atoms with van der Waals surface area (Å²) in [5.41, 5.74) is 0.787. The maximum Gasteiger partial charge on any atom is 0.0593 e. The lowest BCUT2D eigenvalue weighted by molar-refractivity contribution is -0.0361. The molecule has 3 rings (SSSR count). The smallest absolute Gasteiger partial charge is 0.0593 e. The second kappa shape index (κ2) is 6.55. The number of nitrogens with zero attached hydrogens (tertiary/aromatic N) is 1. The third kappa shape index (κ3) is 3.46. The van der Waals surface area contributed by atoms with E-state index < -0.39 is 0 Å². The van der Waals surface area contributed by atoms with Gasteiger partial charge in [0.1, 0.15) is 0 Å². The zero-order valence-corrected chi connectivity index (χ0v) is 14.1. The van der Waals surface area contributed by atoms with E-state index in [0.29, 0.717) is 11.1 Å². The quantitative estimate of drug-likeness (QED) is 0.761. The molecule has 3 fully saturated rings. The van der Waals surface area contributed by atoms with Crippen LogP contribution in [0.1, 0.15) is 65.2 Å². The van der Waals surface area contributed by atoms with Crippen molar-refractivity contribution >= 4 is 0 Å². The summed E-state index contributed by atoms with van der Waals surface area (Å²) in [6, 6.07) is 0. The molecule has 0 amide bonds. The molecule has 122 valence electrons. The van der Waals surface area contributed by atoms with Crippen molar-refractivity contribution in [3.63, 3.8) is 0 Å². The van der Waals surface area contributed by atoms with Crippen LogP contribution in [0.3, 0.4) is 0 Å². The zero-order chi connectivity index (χ0) is 14.8. The molecule has 0 aromatic heterocycles. The Labute approximate surface area is 130 Å². The predicted molar refractivity (Wildman–Crippen MR) is 87.6 cm³/mol. The van der Waals surface area contributed by atoms with E-state index in [4.69, 9.17) is 4.74 Å². The molecule has 0 aromatic rings. The highest BCUT2D eigenvalue weighted by molar-refractivity contribution is 5.09. The van der Waals surface area contributed by atoms with Crippen LogP contribution in [0, 0.1) is 5.92 Å². The van der Waals surface area contributed by atoms with Crippen LogP contribution in [0.5, 0.6) is 0 Å². The molecule has 1 atom stereocenters. The van der Waals surface area contributed by atoms with E-state index in [2.05, 4.69) is 24.1 Å². The van der Waals surface area contributed by atoms with Gasteiger partial charge in [0.05, 0.1) is 6.61 Å². The average Bonchev–Trinajstić information content (AvgIpc) is 3.34. The first-order valence-electron chi connectivity index (χ1n) is 9.26. The van der Waals surface area contributed by atoms with Gasteiger partial charge < -0.3 is 10.1 Å². The number of ether oxygens (including phenoxy) is 1. The summed E-state index contributed by atoms with van der Waals surface area (Å²) in [4.78, 5) is 2.82. The fourth-order valence-corrected chi connectivity index (χ4v) is 4.53. The Morgan fingerprint density at radius 3 is 2.57 bits per heavy atom. The molecule has 0 radical (unpaired) electrons. The van der Waals surface area contributed by atoms with Crippen LogP contribution in [-0.4, -0.2) is 48.8 Å². The van der Waals surface area contributed by atoms with Crippen LogP contribution in [0.15, 0.2) is 0 Å². The van der Waals surface area contributed by atoms with Gasteiger partial charge in [-0.15, -0.1) is 0 Å². The number of piperazine rings is 1. The van der Waals surface area contributed by atoms with Crippen molar-refractivity contribution in [3.05, 3.63) is 0 Å². The van der Waals surface area contributed by atoms with Gasteiger partial charge in [-0.1, -0.05) is 26.2 Å². The summed E-state index contributed by atoms with van der Waals surface area (Å²) in [7, 11) is 0. The lowest BCUT2D eigenvalue weighted by Crippen LogP contribution is -2.70. The molecule has 3 nitrogen and oxygen atoms in total. The summed E-state index contributed by atoms with van der Waals surface area (Å²) in [6.45, 7) is 10.0. The molecule has 1 saturated heterocycles. The molecule has 1 aliphatic heterocycles. The molecule has 1 spiro atoms. The molecular weight excluding hydrogens is 260 g/mol. The molecule has 2 saturated carbocycles. The maximum atomic E-state index is 5.80. The maximum absolute atomic E-state index is 5.80. The van der Waals surface area contributed by atoms with Crippen molar-refractivity contribution in [3.8, 4) is 0 Å². The standard InChI is InChI=1S/C18H34N2O/c1-3-12-21-13-11-20-15-17(2,16-7-8-16)19-14-18(20)9-5-4-6-10-18/h16,19H,3-15H2,1-2H3. The second-order valence-electron chi connectivity index (χ2n) is 7.86. The lowest BCUT2D eigenvalue weighted by Gasteiger charge is -2.55. The second-order valence-corrected chi connectivity index (χ2v) is 7.86. The van der Waals surface area contributed by atoms with E-state index in [1.807, 2.05) is 0 Å². The molecule has 3 heteroatoms. The van der Waals surface area contributed by atoms with Crippen molar-refractivity contribution in [2.24, 2.45) is 5.92 Å². The Hall–Kier alpha value is -0.120. The average molecular weight is 294 g/mol. The highest BCUT2D eigenvalue weighted by Crippen LogP contribution is 2.45. The lowest BCUT2D eigenvalue weighted by atomic mass is 9.76. The highest BCUT2D eigenvalue weighted by Gasteiger charge is 2.50. The van der Waals surface area contributed by atoms with E-state index in [0.717, 1.165) is 32.1 Å². The van der Waals surface area contributed by atoms with Crippen LogP contribution < -0.4 is 5.32 Å². The summed E-state index contributed by atoms with van der Waals surface area (Å²) < 4.78 is 5.80. The Bertz CT molecular complexity index is 336. The van der Waals surface area contributed by atoms with Gasteiger partial charge in [0.25, 0.3) is 0 Å². The van der Waals surface area contributed by atoms with Gasteiger partial charge in [0.15, 0.2) is 0 Å². The molecular formula is C18H34N2O. The molecule has 21 heavy (non-hydrogen) atoms. The summed E-state index contributed by atoms with van der Waals surface area (Å²) >= 11 is 0. The fraction of sp³-hybridized carbons (Fsp3) is 1.00. The first kappa shape index (κ1) is 15.8. The third-order valence-corrected chi connectivity index (χ3v) is 6.13. The molecule has 0 aromatic carbocycles. The normalized spacial score (nSPS) is 33.4. The van der Waals surface area contributed by atoms with E-state index in [9.17, 15) is 0 Å². The summed E-state index contributed by atoms with van der Waals surface area (Å²) in [5, 5.41) is 3.97. The summed E-state index contributed by atoms with van der Waals surface area (Å²) in [6.07, 6.45) is 11.0. The number of nitrogens with one attached hydrogen (secondary N) is 1. The van der Waals surface area contributed by atoms with Crippen LogP contribution in [0.2, 0.25) is 0 Å². The van der Waals surface area contributed by atoms with E-state index >= 15 is 0 Å². The Morgan fingerprint density at radius 2 is 1.90 bits per heavy atom. The minimum Gasteiger partial charge on any atom is -0.380 e. The zero-order valence-electron chi connectivity index (χ0n) is 14.1. The van der Waals surface area contributed by atoms with Crippen LogP contribution in [0.25, 0.3) is 0 Å². The minimum atomic E-state index is 0.355. The van der Waals surface area contributed by atoms with Crippen molar-refractivity contribution in [1.29, 1.82) is 0 Å². The van der Waals surface area contributed by atoms with Crippen molar-refractivity contribution in [2.45, 2.75) is 76.3 Å². The first-order chi connectivity index (χ1) is 10.2. The number of hydrogen-bond acceptors (Lipinski definition) is 3. The molecule has 1 heterocycles. The minimum absolute atomic E-state index is 0.355. The fourth-order valence-electron chi connectivity index (χ4n) is 4.53. The van der Waals surface area contributed by atoms with E-state index in [1.165, 1.54) is 58.0 Å². The third-order valence-electron chi connectivity index (χ3n) is 6.13. The van der Waals surface area contributed by atoms with Crippen LogP contribution in [0.4, 0.5) is 0 Å². The van der Waals surface area contributed by atoms with Crippen LogP contribution in [-0.2, 0) is 4.74 Å². The highest BCUT2D eigenvalue weighted by atomic mass is 16.5. The Morgan fingerprint density at radius 1 is 1.14 bits per heavy atom. The van der Waals surface area contributed by atoms with E-state index in [-0.39, 0.29) is 0 Å². The van der Waals surface area contributed by atoms with Crippen molar-refractivity contribution < 1.29 is 4.74 Å². The van der Waals surface area contributed by atoms with Gasteiger partial charge in [0.2, 0.25) is 0 Å². The van der Waals surface area contributed by atoms with Gasteiger partial charge in [-0.3, -0.25) is 4.90 Å². The molecule has 0 bridgehead atoms. The van der Waals surface area contributed by atoms with Gasteiger partial charge in [0, 0.05) is 37.3 Å². The number of hydrogen-bond donors (Lipinski definition) is 1. The van der Waals surface area contributed by atoms with Gasteiger partial charge in [-0.25, -0.2) is 0 Å². The van der Waals surface area contributed by atoms with Gasteiger partial charge in [-0.2, -0.15) is 0 Å². The van der Waals surface area contributed by atoms with Crippen molar-refractivity contribution in [1.82, 2.24) is 10.2 Å². The summed E-state index contributed by atoms with van der Waals surface area (Å²) in [5.74, 6) is 0.914. The Kier molecular flexibility index (Phi) is 4.92. The van der Waals surface area contributed by atoms with Crippen molar-refractivity contribution in [2.75, 3.05) is 32.8 Å². The first-order valence-corrected chi connectivity index (χ1v) is 9.26. The monoisotopic (exact) mass is 294 g/mol. The Balaban J connectivity index is 1.64. The molecule has 2 aliphatic carbocycles. The SMILES string of the molecule is CCCOCCN1CC(C)(C2CC2)NCC12CCCCC2. The van der Waals surface area contributed by atoms with E-state index in [1.54, 1.807) is 0 Å². The van der Waals surface area contributed by atoms with Crippen LogP contribution >= 0.6 is 0 Å². The molecule has 3 aliphatic rings. The van der Waals surface area contributed by atoms with Gasteiger partial charge in [-0.05, 0) is 44.9 Å². The topological polar surface area (TPSA) is 24.5 Å². The van der Waals surface area contributed by atoms with Gasteiger partial charge >= 0.3 is 0 Å². The predicted octanol–water partition coefficient (Wildman–Crippen LogP) is 3.19. The largest absolute Gasteiger partial charge is 0.380 e. The number of rotatable bonds is 6.